The van der Waals surface area contributed by atoms with Crippen molar-refractivity contribution in [3.8, 4) is 0 Å². The van der Waals surface area contributed by atoms with Gasteiger partial charge in [0.05, 0.1) is 0 Å². The van der Waals surface area contributed by atoms with Crippen molar-refractivity contribution in [2.24, 2.45) is 0 Å². The lowest BCUT2D eigenvalue weighted by Gasteiger charge is -2.05. The van der Waals surface area contributed by atoms with Crippen LogP contribution >= 0.6 is 22.6 Å². The molecule has 1 nitrogen and oxygen atoms in total. The van der Waals surface area contributed by atoms with Crippen LogP contribution in [0.4, 0.5) is 0 Å². The monoisotopic (exact) mass is 253 g/mol. The zero-order valence-electron chi connectivity index (χ0n) is 6.95. The second-order valence-corrected chi connectivity index (χ2v) is 3.37. The maximum atomic E-state index is 3.20. The second-order valence-electron chi connectivity index (χ2n) is 2.61. The summed E-state index contributed by atoms with van der Waals surface area (Å²) in [5, 5.41) is 3.20. The number of hydrogen-bond acceptors (Lipinski definition) is 1. The number of hydrogen-bond donors (Lipinski definition) is 1. The molecule has 0 aromatic carbocycles. The van der Waals surface area contributed by atoms with Crippen molar-refractivity contribution >= 4 is 22.6 Å². The van der Waals surface area contributed by atoms with Crippen LogP contribution in [-0.2, 0) is 0 Å². The minimum Gasteiger partial charge on any atom is -0.317 e. The fourth-order valence-electron chi connectivity index (χ4n) is 0.550. The molecule has 0 saturated heterocycles. The molecule has 0 aliphatic carbocycles. The molecule has 0 fully saturated rings. The summed E-state index contributed by atoms with van der Waals surface area (Å²) >= 11 is 2.38. The van der Waals surface area contributed by atoms with Crippen LogP contribution in [0.2, 0.25) is 0 Å². The first kappa shape index (κ1) is 10.4. The smallest absolute Gasteiger partial charge is 0.0203 e. The first-order valence-corrected chi connectivity index (χ1v) is 5.12. The summed E-state index contributed by atoms with van der Waals surface area (Å²) in [6, 6.07) is 0.609. The van der Waals surface area contributed by atoms with Gasteiger partial charge in [-0.15, -0.1) is 0 Å². The molecule has 60 valence electrons. The fourth-order valence-corrected chi connectivity index (χ4v) is 0.862. The minimum atomic E-state index is 0.609. The van der Waals surface area contributed by atoms with E-state index in [1.165, 1.54) is 5.57 Å². The molecular weight excluding hydrogens is 237 g/mol. The molecular formula is C8H16IN. The molecule has 0 saturated carbocycles. The van der Waals surface area contributed by atoms with Crippen molar-refractivity contribution in [2.45, 2.75) is 26.3 Å². The van der Waals surface area contributed by atoms with Gasteiger partial charge in [0.2, 0.25) is 0 Å². The van der Waals surface area contributed by atoms with Crippen LogP contribution in [0.1, 0.15) is 20.3 Å². The molecule has 0 rings (SSSR count). The summed E-state index contributed by atoms with van der Waals surface area (Å²) in [6.45, 7) is 4.37. The molecule has 1 unspecified atom stereocenters. The maximum Gasteiger partial charge on any atom is 0.0203 e. The quantitative estimate of drug-likeness (QED) is 0.460. The van der Waals surface area contributed by atoms with Crippen molar-refractivity contribution in [3.63, 3.8) is 0 Å². The first-order valence-electron chi connectivity index (χ1n) is 3.59. The van der Waals surface area contributed by atoms with Crippen LogP contribution in [0.5, 0.6) is 0 Å². The topological polar surface area (TPSA) is 12.0 Å². The maximum absolute atomic E-state index is 3.20. The Morgan fingerprint density at radius 2 is 2.30 bits per heavy atom. The van der Waals surface area contributed by atoms with Gasteiger partial charge >= 0.3 is 0 Å². The van der Waals surface area contributed by atoms with Crippen LogP contribution in [-0.4, -0.2) is 17.5 Å². The molecule has 0 aliphatic rings. The molecule has 0 aromatic rings. The van der Waals surface area contributed by atoms with Gasteiger partial charge in [-0.3, -0.25) is 0 Å². The summed E-state index contributed by atoms with van der Waals surface area (Å²) in [5.74, 6) is 0. The zero-order chi connectivity index (χ0) is 7.98. The van der Waals surface area contributed by atoms with Gasteiger partial charge in [0.15, 0.2) is 0 Å². The molecule has 0 aromatic heterocycles. The van der Waals surface area contributed by atoms with E-state index in [4.69, 9.17) is 0 Å². The van der Waals surface area contributed by atoms with Crippen molar-refractivity contribution in [3.05, 3.63) is 11.6 Å². The summed E-state index contributed by atoms with van der Waals surface area (Å²) in [6.07, 6.45) is 3.44. The minimum absolute atomic E-state index is 0.609. The van der Waals surface area contributed by atoms with E-state index in [1.807, 2.05) is 7.05 Å². The van der Waals surface area contributed by atoms with Crippen LogP contribution in [0, 0.1) is 0 Å². The number of halogens is 1. The van der Waals surface area contributed by atoms with Crippen LogP contribution < -0.4 is 5.32 Å². The van der Waals surface area contributed by atoms with Crippen LogP contribution in [0.3, 0.4) is 0 Å². The Labute approximate surface area is 77.4 Å². The van der Waals surface area contributed by atoms with Gasteiger partial charge in [-0.2, -0.15) is 0 Å². The van der Waals surface area contributed by atoms with Gasteiger partial charge in [-0.05, 0) is 27.3 Å². The average Bonchev–Trinajstić information content (AvgIpc) is 1.99. The summed E-state index contributed by atoms with van der Waals surface area (Å²) in [4.78, 5) is 0. The van der Waals surface area contributed by atoms with Gasteiger partial charge in [-0.25, -0.2) is 0 Å². The Bertz CT molecular complexity index is 110. The molecule has 2 heteroatoms. The highest BCUT2D eigenvalue weighted by atomic mass is 127. The fraction of sp³-hybridized carbons (Fsp3) is 0.750. The Balaban J connectivity index is 3.50. The highest BCUT2D eigenvalue weighted by Gasteiger charge is 1.93. The van der Waals surface area contributed by atoms with Crippen molar-refractivity contribution in [1.82, 2.24) is 5.32 Å². The van der Waals surface area contributed by atoms with Gasteiger partial charge in [0, 0.05) is 10.5 Å². The molecule has 0 spiro atoms. The summed E-state index contributed by atoms with van der Waals surface area (Å²) < 4.78 is 1.15. The predicted molar refractivity (Wildman–Crippen MR) is 55.8 cm³/mol. The normalized spacial score (nSPS) is 15.4. The average molecular weight is 253 g/mol. The third kappa shape index (κ3) is 5.23. The van der Waals surface area contributed by atoms with Crippen molar-refractivity contribution in [2.75, 3.05) is 11.5 Å². The molecule has 0 aliphatic heterocycles. The van der Waals surface area contributed by atoms with Gasteiger partial charge in [0.1, 0.15) is 0 Å². The van der Waals surface area contributed by atoms with E-state index in [0.717, 1.165) is 10.8 Å². The molecule has 0 bridgehead atoms. The van der Waals surface area contributed by atoms with E-state index in [2.05, 4.69) is 47.8 Å². The summed E-state index contributed by atoms with van der Waals surface area (Å²) in [5.41, 5.74) is 1.47. The Morgan fingerprint density at radius 1 is 1.70 bits per heavy atom. The lowest BCUT2D eigenvalue weighted by molar-refractivity contribution is 0.618. The third-order valence-electron chi connectivity index (χ3n) is 1.52. The number of rotatable bonds is 4. The third-order valence-corrected chi connectivity index (χ3v) is 2.73. The standard InChI is InChI=1S/C8H16IN/c1-7(6-9)4-5-8(2)10-3/h4,8,10H,5-6H2,1-3H3/b7-4-. The Kier molecular flexibility index (Phi) is 6.43. The number of nitrogens with one attached hydrogen (secondary N) is 1. The molecule has 10 heavy (non-hydrogen) atoms. The van der Waals surface area contributed by atoms with Gasteiger partial charge < -0.3 is 5.32 Å². The molecule has 1 atom stereocenters. The van der Waals surface area contributed by atoms with E-state index < -0.39 is 0 Å². The Hall–Kier alpha value is 0.430. The van der Waals surface area contributed by atoms with Gasteiger partial charge in [-0.1, -0.05) is 34.2 Å². The molecule has 0 heterocycles. The molecule has 0 radical (unpaired) electrons. The van der Waals surface area contributed by atoms with E-state index in [-0.39, 0.29) is 0 Å². The van der Waals surface area contributed by atoms with E-state index in [0.29, 0.717) is 6.04 Å². The van der Waals surface area contributed by atoms with E-state index in [9.17, 15) is 0 Å². The van der Waals surface area contributed by atoms with E-state index >= 15 is 0 Å². The highest BCUT2D eigenvalue weighted by molar-refractivity contribution is 14.1. The lowest BCUT2D eigenvalue weighted by atomic mass is 10.2. The van der Waals surface area contributed by atoms with E-state index in [1.54, 1.807) is 0 Å². The lowest BCUT2D eigenvalue weighted by Crippen LogP contribution is -2.19. The van der Waals surface area contributed by atoms with Crippen LogP contribution in [0.15, 0.2) is 11.6 Å². The predicted octanol–water partition coefficient (Wildman–Crippen LogP) is 2.37. The number of alkyl halides is 1. The number of allylic oxidation sites excluding steroid dienone is 1. The first-order chi connectivity index (χ1) is 4.70. The molecule has 1 N–H and O–H groups in total. The summed E-state index contributed by atoms with van der Waals surface area (Å²) in [7, 11) is 2.00. The Morgan fingerprint density at radius 3 is 2.70 bits per heavy atom. The largest absolute Gasteiger partial charge is 0.317 e. The highest BCUT2D eigenvalue weighted by Crippen LogP contribution is 2.01. The molecule has 0 amide bonds. The van der Waals surface area contributed by atoms with Gasteiger partial charge in [0.25, 0.3) is 0 Å². The van der Waals surface area contributed by atoms with Crippen LogP contribution in [0.25, 0.3) is 0 Å². The zero-order valence-corrected chi connectivity index (χ0v) is 9.10. The van der Waals surface area contributed by atoms with Crippen molar-refractivity contribution in [1.29, 1.82) is 0 Å². The second kappa shape index (κ2) is 6.16. The SMILES string of the molecule is CNC(C)C/C=C(/C)CI. The van der Waals surface area contributed by atoms with Crippen molar-refractivity contribution < 1.29 is 0 Å².